The molecular formula is C14H20BrFN2. The Balaban J connectivity index is 2.51. The molecule has 100 valence electrons. The summed E-state index contributed by atoms with van der Waals surface area (Å²) < 4.78 is 14.0. The van der Waals surface area contributed by atoms with Gasteiger partial charge >= 0.3 is 0 Å². The molecular weight excluding hydrogens is 295 g/mol. The number of rotatable bonds is 8. The molecule has 0 saturated heterocycles. The van der Waals surface area contributed by atoms with E-state index in [1.165, 1.54) is 12.1 Å². The number of nitrogens with two attached hydrogens (primary N) is 1. The number of hydrazine groups is 1. The van der Waals surface area contributed by atoms with Crippen molar-refractivity contribution in [3.63, 3.8) is 0 Å². The lowest BCUT2D eigenvalue weighted by Crippen LogP contribution is -2.28. The molecule has 1 atom stereocenters. The maximum absolute atomic E-state index is 13.3. The zero-order valence-electron chi connectivity index (χ0n) is 10.5. The third-order valence-corrected chi connectivity index (χ3v) is 3.35. The fourth-order valence-corrected chi connectivity index (χ4v) is 2.42. The van der Waals surface area contributed by atoms with E-state index in [1.807, 2.05) is 12.1 Å². The third kappa shape index (κ3) is 5.29. The maximum Gasteiger partial charge on any atom is 0.124 e. The van der Waals surface area contributed by atoms with Crippen LogP contribution in [0.5, 0.6) is 0 Å². The Hall–Kier alpha value is -0.710. The number of allylic oxidation sites excluding steroid dienone is 1. The molecule has 1 aromatic rings. The Labute approximate surface area is 117 Å². The van der Waals surface area contributed by atoms with Crippen molar-refractivity contribution in [1.82, 2.24) is 5.43 Å². The highest BCUT2D eigenvalue weighted by atomic mass is 79.9. The lowest BCUT2D eigenvalue weighted by molar-refractivity contribution is 0.481. The van der Waals surface area contributed by atoms with Crippen molar-refractivity contribution in [2.45, 2.75) is 38.1 Å². The molecule has 0 radical (unpaired) electrons. The first-order valence-electron chi connectivity index (χ1n) is 6.20. The van der Waals surface area contributed by atoms with E-state index in [2.05, 4.69) is 27.9 Å². The predicted octanol–water partition coefficient (Wildman–Crippen LogP) is 4.23. The Morgan fingerprint density at radius 1 is 1.33 bits per heavy atom. The smallest absolute Gasteiger partial charge is 0.124 e. The summed E-state index contributed by atoms with van der Waals surface area (Å²) >= 11 is 3.29. The summed E-state index contributed by atoms with van der Waals surface area (Å²) in [7, 11) is 0. The molecule has 0 heterocycles. The molecule has 0 aliphatic carbocycles. The summed E-state index contributed by atoms with van der Waals surface area (Å²) in [5.41, 5.74) is 3.64. The van der Waals surface area contributed by atoms with Gasteiger partial charge < -0.3 is 0 Å². The minimum absolute atomic E-state index is 0.000677. The molecule has 1 aromatic carbocycles. The van der Waals surface area contributed by atoms with Gasteiger partial charge in [0.2, 0.25) is 0 Å². The van der Waals surface area contributed by atoms with Gasteiger partial charge in [-0.2, -0.15) is 0 Å². The molecule has 0 saturated carbocycles. The largest absolute Gasteiger partial charge is 0.271 e. The van der Waals surface area contributed by atoms with E-state index in [1.54, 1.807) is 0 Å². The first-order chi connectivity index (χ1) is 8.67. The first-order valence-corrected chi connectivity index (χ1v) is 6.99. The topological polar surface area (TPSA) is 38.0 Å². The summed E-state index contributed by atoms with van der Waals surface area (Å²) in [4.78, 5) is 0. The van der Waals surface area contributed by atoms with Crippen LogP contribution < -0.4 is 11.3 Å². The summed E-state index contributed by atoms with van der Waals surface area (Å²) in [5.74, 6) is 5.30. The molecule has 0 aromatic heterocycles. The van der Waals surface area contributed by atoms with Crippen molar-refractivity contribution in [1.29, 1.82) is 0 Å². The Morgan fingerprint density at radius 3 is 2.72 bits per heavy atom. The standard InChI is InChI=1S/C14H20BrFN2/c1-2-3-4-5-6-7-14(18-17)11-8-12(15)10-13(16)9-11/h2,8-10,14,18H,1,3-7,17H2. The SMILES string of the molecule is C=CCCCCCC(NN)c1cc(F)cc(Br)c1. The number of nitrogens with one attached hydrogen (secondary N) is 1. The minimum atomic E-state index is -0.244. The minimum Gasteiger partial charge on any atom is -0.271 e. The van der Waals surface area contributed by atoms with Crippen LogP contribution >= 0.6 is 15.9 Å². The van der Waals surface area contributed by atoms with Gasteiger partial charge in [-0.15, -0.1) is 6.58 Å². The van der Waals surface area contributed by atoms with Crippen LogP contribution in [0.3, 0.4) is 0 Å². The van der Waals surface area contributed by atoms with Crippen molar-refractivity contribution in [2.24, 2.45) is 5.84 Å². The van der Waals surface area contributed by atoms with Crippen molar-refractivity contribution in [3.05, 3.63) is 46.7 Å². The molecule has 4 heteroatoms. The quantitative estimate of drug-likeness (QED) is 0.326. The predicted molar refractivity (Wildman–Crippen MR) is 77.4 cm³/mol. The van der Waals surface area contributed by atoms with Gasteiger partial charge in [0.05, 0.1) is 0 Å². The molecule has 0 amide bonds. The Kier molecular flexibility index (Phi) is 7.16. The number of unbranched alkanes of at least 4 members (excludes halogenated alkanes) is 3. The van der Waals surface area contributed by atoms with Crippen LogP contribution in [0.2, 0.25) is 0 Å². The molecule has 0 spiro atoms. The normalized spacial score (nSPS) is 12.4. The van der Waals surface area contributed by atoms with Crippen molar-refractivity contribution in [3.8, 4) is 0 Å². The van der Waals surface area contributed by atoms with Gasteiger partial charge in [-0.3, -0.25) is 11.3 Å². The second-order valence-corrected chi connectivity index (χ2v) is 5.26. The summed E-state index contributed by atoms with van der Waals surface area (Å²) in [6, 6.07) is 4.87. The highest BCUT2D eigenvalue weighted by Gasteiger charge is 2.11. The second-order valence-electron chi connectivity index (χ2n) is 4.35. The number of halogens is 2. The van der Waals surface area contributed by atoms with Crippen LogP contribution in [0.25, 0.3) is 0 Å². The first kappa shape index (κ1) is 15.3. The van der Waals surface area contributed by atoms with Gasteiger partial charge in [0.1, 0.15) is 5.82 Å². The maximum atomic E-state index is 13.3. The van der Waals surface area contributed by atoms with Gasteiger partial charge in [0.15, 0.2) is 0 Å². The molecule has 1 unspecified atom stereocenters. The molecule has 0 aliphatic rings. The van der Waals surface area contributed by atoms with E-state index in [-0.39, 0.29) is 11.9 Å². The van der Waals surface area contributed by atoms with Gasteiger partial charge in [0.25, 0.3) is 0 Å². The van der Waals surface area contributed by atoms with Crippen LogP contribution in [0.4, 0.5) is 4.39 Å². The highest BCUT2D eigenvalue weighted by Crippen LogP contribution is 2.24. The lowest BCUT2D eigenvalue weighted by atomic mass is 10.0. The highest BCUT2D eigenvalue weighted by molar-refractivity contribution is 9.10. The third-order valence-electron chi connectivity index (χ3n) is 2.89. The molecule has 18 heavy (non-hydrogen) atoms. The molecule has 1 rings (SSSR count). The fraction of sp³-hybridized carbons (Fsp3) is 0.429. The molecule has 0 bridgehead atoms. The van der Waals surface area contributed by atoms with Crippen LogP contribution in [-0.4, -0.2) is 0 Å². The molecule has 3 N–H and O–H groups in total. The second kappa shape index (κ2) is 8.40. The van der Waals surface area contributed by atoms with E-state index in [9.17, 15) is 4.39 Å². The van der Waals surface area contributed by atoms with Crippen molar-refractivity contribution < 1.29 is 4.39 Å². The van der Waals surface area contributed by atoms with E-state index >= 15 is 0 Å². The van der Waals surface area contributed by atoms with E-state index in [0.717, 1.165) is 42.1 Å². The Morgan fingerprint density at radius 2 is 2.11 bits per heavy atom. The average molecular weight is 315 g/mol. The molecule has 0 aliphatic heterocycles. The van der Waals surface area contributed by atoms with Crippen molar-refractivity contribution in [2.75, 3.05) is 0 Å². The Bertz CT molecular complexity index is 362. The van der Waals surface area contributed by atoms with Crippen LogP contribution in [-0.2, 0) is 0 Å². The van der Waals surface area contributed by atoms with E-state index in [4.69, 9.17) is 5.84 Å². The molecule has 2 nitrogen and oxygen atoms in total. The number of hydrogen-bond donors (Lipinski definition) is 2. The van der Waals surface area contributed by atoms with E-state index < -0.39 is 0 Å². The van der Waals surface area contributed by atoms with Gasteiger partial charge in [-0.25, -0.2) is 4.39 Å². The lowest BCUT2D eigenvalue weighted by Gasteiger charge is -2.16. The fourth-order valence-electron chi connectivity index (χ4n) is 1.94. The molecule has 0 fully saturated rings. The summed E-state index contributed by atoms with van der Waals surface area (Å²) in [5, 5.41) is 0. The zero-order valence-corrected chi connectivity index (χ0v) is 12.0. The number of benzene rings is 1. The zero-order chi connectivity index (χ0) is 13.4. The monoisotopic (exact) mass is 314 g/mol. The summed E-state index contributed by atoms with van der Waals surface area (Å²) in [6.45, 7) is 3.70. The summed E-state index contributed by atoms with van der Waals surface area (Å²) in [6.07, 6.45) is 7.24. The van der Waals surface area contributed by atoms with Gasteiger partial charge in [-0.05, 0) is 43.0 Å². The van der Waals surface area contributed by atoms with Gasteiger partial charge in [0, 0.05) is 10.5 Å². The van der Waals surface area contributed by atoms with Crippen LogP contribution in [0.1, 0.15) is 43.7 Å². The van der Waals surface area contributed by atoms with Crippen molar-refractivity contribution >= 4 is 15.9 Å². The van der Waals surface area contributed by atoms with Crippen LogP contribution in [0.15, 0.2) is 35.3 Å². The van der Waals surface area contributed by atoms with Crippen LogP contribution in [0, 0.1) is 5.82 Å². The average Bonchev–Trinajstić information content (AvgIpc) is 2.32. The number of hydrogen-bond acceptors (Lipinski definition) is 2. The van der Waals surface area contributed by atoms with E-state index in [0.29, 0.717) is 0 Å². The van der Waals surface area contributed by atoms with Gasteiger partial charge in [-0.1, -0.05) is 34.8 Å².